The fraction of sp³-hybridized carbons (Fsp3) is 0.167. The van der Waals surface area contributed by atoms with Crippen molar-refractivity contribution in [1.82, 2.24) is 19.7 Å². The van der Waals surface area contributed by atoms with Gasteiger partial charge in [0.25, 0.3) is 0 Å². The van der Waals surface area contributed by atoms with E-state index in [1.165, 1.54) is 11.1 Å². The number of thioether (sulfide) groups is 1. The van der Waals surface area contributed by atoms with Gasteiger partial charge < -0.3 is 10.3 Å². The monoisotopic (exact) mass is 367 g/mol. The van der Waals surface area contributed by atoms with Crippen LogP contribution in [0.25, 0.3) is 20.9 Å². The van der Waals surface area contributed by atoms with Crippen LogP contribution < -0.4 is 5.73 Å². The molecule has 0 amide bonds. The van der Waals surface area contributed by atoms with Gasteiger partial charge in [0.15, 0.2) is 11.0 Å². The number of nitrogens with zero attached hydrogens (tertiary/aromatic N) is 4. The Morgan fingerprint density at radius 2 is 2.00 bits per heavy atom. The fourth-order valence-electron chi connectivity index (χ4n) is 2.67. The van der Waals surface area contributed by atoms with Crippen LogP contribution in [0.3, 0.4) is 0 Å². The minimum atomic E-state index is 0.721. The first kappa shape index (κ1) is 16.1. The van der Waals surface area contributed by atoms with E-state index in [4.69, 9.17) is 5.73 Å². The van der Waals surface area contributed by atoms with E-state index in [0.29, 0.717) is 0 Å². The molecular formula is C18H17N5S2. The number of nitrogens with two attached hydrogens (primary N) is 1. The summed E-state index contributed by atoms with van der Waals surface area (Å²) in [5, 5.41) is 10.6. The van der Waals surface area contributed by atoms with Gasteiger partial charge in [-0.15, -0.1) is 21.5 Å². The Morgan fingerprint density at radius 1 is 1.16 bits per heavy atom. The first-order valence-corrected chi connectivity index (χ1v) is 9.65. The molecule has 1 aromatic carbocycles. The first-order valence-electron chi connectivity index (χ1n) is 7.85. The molecule has 0 aliphatic heterocycles. The lowest BCUT2D eigenvalue weighted by molar-refractivity contribution is 0.794. The number of anilines is 1. The van der Waals surface area contributed by atoms with Crippen LogP contribution in [0, 0.1) is 6.92 Å². The number of pyridine rings is 1. The van der Waals surface area contributed by atoms with Crippen molar-refractivity contribution < 1.29 is 0 Å². The van der Waals surface area contributed by atoms with E-state index in [0.717, 1.165) is 37.5 Å². The molecule has 0 aliphatic rings. The third-order valence-electron chi connectivity index (χ3n) is 4.16. The lowest BCUT2D eigenvalue weighted by Gasteiger charge is -2.05. The number of fused-ring (bicyclic) bond motifs is 1. The Bertz CT molecular complexity index is 1050. The highest BCUT2D eigenvalue weighted by atomic mass is 32.2. The number of rotatable bonds is 4. The van der Waals surface area contributed by atoms with Crippen molar-refractivity contribution in [2.75, 3.05) is 5.73 Å². The van der Waals surface area contributed by atoms with Gasteiger partial charge >= 0.3 is 0 Å². The Kier molecular flexibility index (Phi) is 4.19. The van der Waals surface area contributed by atoms with E-state index >= 15 is 0 Å². The summed E-state index contributed by atoms with van der Waals surface area (Å²) in [6, 6.07) is 12.3. The van der Waals surface area contributed by atoms with Gasteiger partial charge in [-0.05, 0) is 30.2 Å². The summed E-state index contributed by atoms with van der Waals surface area (Å²) in [6.45, 7) is 2.13. The molecule has 0 unspecified atom stereocenters. The molecule has 0 atom stereocenters. The minimum absolute atomic E-state index is 0.721. The second-order valence-corrected chi connectivity index (χ2v) is 7.72. The van der Waals surface area contributed by atoms with Crippen molar-refractivity contribution in [3.8, 4) is 10.7 Å². The van der Waals surface area contributed by atoms with Gasteiger partial charge in [-0.1, -0.05) is 36.0 Å². The SMILES string of the molecule is Cc1ccccc1CSc1nnc(-c2sc3ncccc3c2N)n1C. The van der Waals surface area contributed by atoms with Crippen LogP contribution in [-0.4, -0.2) is 19.7 Å². The summed E-state index contributed by atoms with van der Waals surface area (Å²) in [5.41, 5.74) is 9.63. The van der Waals surface area contributed by atoms with Crippen molar-refractivity contribution in [2.45, 2.75) is 17.8 Å². The Labute approximate surface area is 153 Å². The van der Waals surface area contributed by atoms with Crippen molar-refractivity contribution in [3.63, 3.8) is 0 Å². The van der Waals surface area contributed by atoms with Gasteiger partial charge in [0.2, 0.25) is 0 Å². The van der Waals surface area contributed by atoms with Crippen LogP contribution in [0.1, 0.15) is 11.1 Å². The molecule has 0 saturated carbocycles. The number of hydrogen-bond donors (Lipinski definition) is 1. The molecule has 0 bridgehead atoms. The van der Waals surface area contributed by atoms with Crippen molar-refractivity contribution in [3.05, 3.63) is 53.7 Å². The third-order valence-corrected chi connectivity index (χ3v) is 6.36. The number of benzene rings is 1. The predicted molar refractivity (Wildman–Crippen MR) is 105 cm³/mol. The highest BCUT2D eigenvalue weighted by Gasteiger charge is 2.18. The minimum Gasteiger partial charge on any atom is -0.397 e. The zero-order valence-electron chi connectivity index (χ0n) is 13.9. The van der Waals surface area contributed by atoms with Crippen LogP contribution in [0.5, 0.6) is 0 Å². The van der Waals surface area contributed by atoms with Gasteiger partial charge in [-0.2, -0.15) is 0 Å². The van der Waals surface area contributed by atoms with Crippen molar-refractivity contribution >= 4 is 39.0 Å². The van der Waals surface area contributed by atoms with Gasteiger partial charge in [0, 0.05) is 24.4 Å². The first-order chi connectivity index (χ1) is 12.1. The molecule has 25 heavy (non-hydrogen) atoms. The Morgan fingerprint density at radius 3 is 2.80 bits per heavy atom. The highest BCUT2D eigenvalue weighted by Crippen LogP contribution is 2.39. The molecule has 0 radical (unpaired) electrons. The molecule has 0 fully saturated rings. The Hall–Kier alpha value is -2.38. The number of hydrogen-bond acceptors (Lipinski definition) is 6. The van der Waals surface area contributed by atoms with Crippen LogP contribution in [0.2, 0.25) is 0 Å². The van der Waals surface area contributed by atoms with Crippen LogP contribution in [0.15, 0.2) is 47.8 Å². The van der Waals surface area contributed by atoms with E-state index in [-0.39, 0.29) is 0 Å². The molecule has 0 saturated heterocycles. The molecule has 4 rings (SSSR count). The topological polar surface area (TPSA) is 69.6 Å². The fourth-order valence-corrected chi connectivity index (χ4v) is 4.74. The zero-order valence-corrected chi connectivity index (χ0v) is 15.6. The number of nitrogen functional groups attached to an aromatic ring is 1. The zero-order chi connectivity index (χ0) is 17.4. The molecule has 3 aromatic heterocycles. The van der Waals surface area contributed by atoms with Gasteiger partial charge in [0.05, 0.1) is 10.6 Å². The van der Waals surface area contributed by atoms with Gasteiger partial charge in [0.1, 0.15) is 4.83 Å². The number of aromatic nitrogens is 4. The maximum atomic E-state index is 6.32. The van der Waals surface area contributed by atoms with Gasteiger partial charge in [-0.25, -0.2) is 4.98 Å². The third kappa shape index (κ3) is 2.89. The summed E-state index contributed by atoms with van der Waals surface area (Å²) in [5.74, 6) is 1.65. The van der Waals surface area contributed by atoms with E-state index in [2.05, 4.69) is 46.4 Å². The molecule has 0 spiro atoms. The average molecular weight is 368 g/mol. The lowest BCUT2D eigenvalue weighted by Crippen LogP contribution is -1.96. The van der Waals surface area contributed by atoms with Crippen molar-refractivity contribution in [2.24, 2.45) is 7.05 Å². The molecular weight excluding hydrogens is 350 g/mol. The summed E-state index contributed by atoms with van der Waals surface area (Å²) >= 11 is 3.23. The number of thiophene rings is 1. The molecule has 2 N–H and O–H groups in total. The molecule has 7 heteroatoms. The van der Waals surface area contributed by atoms with Crippen LogP contribution in [0.4, 0.5) is 5.69 Å². The lowest BCUT2D eigenvalue weighted by atomic mass is 10.1. The maximum Gasteiger partial charge on any atom is 0.191 e. The van der Waals surface area contributed by atoms with E-state index in [9.17, 15) is 0 Å². The second-order valence-electron chi connectivity index (χ2n) is 5.78. The molecule has 126 valence electrons. The molecule has 4 aromatic rings. The summed E-state index contributed by atoms with van der Waals surface area (Å²) in [6.07, 6.45) is 1.78. The molecule has 0 aliphatic carbocycles. The molecule has 3 heterocycles. The van der Waals surface area contributed by atoms with E-state index in [1.807, 2.05) is 23.7 Å². The van der Waals surface area contributed by atoms with E-state index in [1.54, 1.807) is 29.3 Å². The van der Waals surface area contributed by atoms with E-state index < -0.39 is 0 Å². The predicted octanol–water partition coefficient (Wildman–Crippen LogP) is 4.27. The Balaban J connectivity index is 1.64. The van der Waals surface area contributed by atoms with Gasteiger partial charge in [-0.3, -0.25) is 0 Å². The van der Waals surface area contributed by atoms with Crippen LogP contribution >= 0.6 is 23.1 Å². The second kappa shape index (κ2) is 6.50. The number of aryl methyl sites for hydroxylation is 1. The standard InChI is InChI=1S/C18H17N5S2/c1-11-6-3-4-7-12(11)10-24-18-22-21-16(23(18)2)15-14(19)13-8-5-9-20-17(13)25-15/h3-9H,10,19H2,1-2H3. The van der Waals surface area contributed by atoms with Crippen molar-refractivity contribution in [1.29, 1.82) is 0 Å². The summed E-state index contributed by atoms with van der Waals surface area (Å²) < 4.78 is 2.00. The summed E-state index contributed by atoms with van der Waals surface area (Å²) in [4.78, 5) is 6.23. The molecule has 5 nitrogen and oxygen atoms in total. The normalized spacial score (nSPS) is 11.3. The average Bonchev–Trinajstić information content (AvgIpc) is 3.15. The highest BCUT2D eigenvalue weighted by molar-refractivity contribution is 7.98. The maximum absolute atomic E-state index is 6.32. The quantitative estimate of drug-likeness (QED) is 0.545. The van der Waals surface area contributed by atoms with Crippen LogP contribution in [-0.2, 0) is 12.8 Å². The largest absolute Gasteiger partial charge is 0.397 e. The summed E-state index contributed by atoms with van der Waals surface area (Å²) in [7, 11) is 1.98. The smallest absolute Gasteiger partial charge is 0.191 e.